The number of nitrogens with zero attached hydrogens (tertiary/aromatic N) is 3. The number of aromatic nitrogens is 3. The lowest BCUT2D eigenvalue weighted by Crippen LogP contribution is -2.24. The molecule has 0 saturated carbocycles. The van der Waals surface area contributed by atoms with Gasteiger partial charge in [0.2, 0.25) is 5.91 Å². The molecule has 1 heterocycles. The third-order valence-corrected chi connectivity index (χ3v) is 4.04. The van der Waals surface area contributed by atoms with Gasteiger partial charge in [-0.15, -0.1) is 10.2 Å². The van der Waals surface area contributed by atoms with E-state index in [9.17, 15) is 9.59 Å². The third kappa shape index (κ3) is 4.98. The Hall–Kier alpha value is -2.55. The Bertz CT molecular complexity index is 698. The van der Waals surface area contributed by atoms with Gasteiger partial charge in [0.25, 0.3) is 0 Å². The minimum Gasteiger partial charge on any atom is -0.341 e. The van der Waals surface area contributed by atoms with Crippen molar-refractivity contribution in [3.05, 3.63) is 30.6 Å². The fourth-order valence-electron chi connectivity index (χ4n) is 1.85. The Morgan fingerprint density at radius 3 is 2.38 bits per heavy atom. The number of rotatable bonds is 6. The molecule has 1 aromatic heterocycles. The van der Waals surface area contributed by atoms with Crippen molar-refractivity contribution in [2.75, 3.05) is 23.4 Å². The largest absolute Gasteiger partial charge is 0.341 e. The van der Waals surface area contributed by atoms with Crippen LogP contribution >= 0.6 is 11.8 Å². The van der Waals surface area contributed by atoms with Crippen LogP contribution in [0.25, 0.3) is 0 Å². The van der Waals surface area contributed by atoms with Crippen molar-refractivity contribution in [1.29, 1.82) is 0 Å². The molecule has 9 heteroatoms. The maximum absolute atomic E-state index is 12.0. The second kappa shape index (κ2) is 8.34. The normalized spacial score (nSPS) is 10.5. The molecule has 0 fully saturated rings. The van der Waals surface area contributed by atoms with Crippen LogP contribution in [-0.2, 0) is 4.79 Å². The van der Waals surface area contributed by atoms with Crippen molar-refractivity contribution < 1.29 is 9.59 Å². The zero-order chi connectivity index (χ0) is 17.5. The lowest BCUT2D eigenvalue weighted by Gasteiger charge is -2.10. The standard InChI is InChI=1S/C15H20N6O2S/c1-10(2)21-9-17-20-15(21)24-8-13(22)18-11-4-6-12(7-5-11)19-14(23)16-3/h4-7,9-10H,8H2,1-3H3,(H,18,22)(H2,16,19,23). The molecule has 0 unspecified atom stereocenters. The summed E-state index contributed by atoms with van der Waals surface area (Å²) in [6, 6.07) is 6.83. The molecule has 3 N–H and O–H groups in total. The first-order valence-corrected chi connectivity index (χ1v) is 8.39. The number of carbonyl (C=O) groups is 2. The summed E-state index contributed by atoms with van der Waals surface area (Å²) in [4.78, 5) is 23.2. The number of hydrogen-bond donors (Lipinski definition) is 3. The molecule has 0 saturated heterocycles. The van der Waals surface area contributed by atoms with Crippen LogP contribution in [-0.4, -0.2) is 39.5 Å². The predicted octanol–water partition coefficient (Wildman–Crippen LogP) is 2.34. The van der Waals surface area contributed by atoms with E-state index in [0.717, 1.165) is 0 Å². The van der Waals surface area contributed by atoms with Gasteiger partial charge in [-0.2, -0.15) is 0 Å². The van der Waals surface area contributed by atoms with Crippen LogP contribution in [0.5, 0.6) is 0 Å². The summed E-state index contributed by atoms with van der Waals surface area (Å²) in [5.41, 5.74) is 1.31. The Labute approximate surface area is 144 Å². The van der Waals surface area contributed by atoms with Crippen LogP contribution in [0.1, 0.15) is 19.9 Å². The van der Waals surface area contributed by atoms with Gasteiger partial charge in [0.05, 0.1) is 5.75 Å². The molecule has 0 aliphatic carbocycles. The Kier molecular flexibility index (Phi) is 6.19. The summed E-state index contributed by atoms with van der Waals surface area (Å²) in [7, 11) is 1.54. The van der Waals surface area contributed by atoms with Crippen molar-refractivity contribution in [3.63, 3.8) is 0 Å². The van der Waals surface area contributed by atoms with Crippen molar-refractivity contribution in [2.45, 2.75) is 25.0 Å². The number of carbonyl (C=O) groups excluding carboxylic acids is 2. The number of hydrogen-bond acceptors (Lipinski definition) is 5. The third-order valence-electron chi connectivity index (χ3n) is 3.08. The lowest BCUT2D eigenvalue weighted by molar-refractivity contribution is -0.113. The smallest absolute Gasteiger partial charge is 0.318 e. The average molecular weight is 348 g/mol. The molecular formula is C15H20N6O2S. The van der Waals surface area contributed by atoms with Crippen molar-refractivity contribution >= 4 is 35.1 Å². The molecular weight excluding hydrogens is 328 g/mol. The van der Waals surface area contributed by atoms with E-state index in [4.69, 9.17) is 0 Å². The van der Waals surface area contributed by atoms with Crippen molar-refractivity contribution in [3.8, 4) is 0 Å². The number of urea groups is 1. The lowest BCUT2D eigenvalue weighted by atomic mass is 10.3. The number of anilines is 2. The van der Waals surface area contributed by atoms with E-state index in [1.54, 1.807) is 37.6 Å². The van der Waals surface area contributed by atoms with Crippen LogP contribution in [0.4, 0.5) is 16.2 Å². The highest BCUT2D eigenvalue weighted by Crippen LogP contribution is 2.19. The molecule has 0 aliphatic rings. The molecule has 3 amide bonds. The van der Waals surface area contributed by atoms with E-state index in [1.807, 2.05) is 18.4 Å². The minimum atomic E-state index is -0.294. The van der Waals surface area contributed by atoms with E-state index >= 15 is 0 Å². The van der Waals surface area contributed by atoms with E-state index in [0.29, 0.717) is 16.5 Å². The Balaban J connectivity index is 1.86. The fraction of sp³-hybridized carbons (Fsp3) is 0.333. The average Bonchev–Trinajstić information content (AvgIpc) is 3.03. The topological polar surface area (TPSA) is 101 Å². The molecule has 0 aliphatic heterocycles. The molecule has 128 valence electrons. The van der Waals surface area contributed by atoms with Crippen LogP contribution in [0.15, 0.2) is 35.7 Å². The van der Waals surface area contributed by atoms with E-state index in [-0.39, 0.29) is 23.7 Å². The summed E-state index contributed by atoms with van der Waals surface area (Å²) in [5.74, 6) is 0.106. The second-order valence-corrected chi connectivity index (χ2v) is 6.18. The molecule has 2 rings (SSSR count). The van der Waals surface area contributed by atoms with Crippen LogP contribution < -0.4 is 16.0 Å². The van der Waals surface area contributed by atoms with Gasteiger partial charge in [0.15, 0.2) is 5.16 Å². The summed E-state index contributed by atoms with van der Waals surface area (Å²) in [6.07, 6.45) is 1.66. The highest BCUT2D eigenvalue weighted by atomic mass is 32.2. The maximum atomic E-state index is 12.0. The van der Waals surface area contributed by atoms with E-state index < -0.39 is 0 Å². The Morgan fingerprint density at radius 2 is 1.79 bits per heavy atom. The van der Waals surface area contributed by atoms with Gasteiger partial charge >= 0.3 is 6.03 Å². The highest BCUT2D eigenvalue weighted by molar-refractivity contribution is 7.99. The summed E-state index contributed by atoms with van der Waals surface area (Å²) in [5, 5.41) is 16.5. The van der Waals surface area contributed by atoms with Gasteiger partial charge in [-0.25, -0.2) is 4.79 Å². The summed E-state index contributed by atoms with van der Waals surface area (Å²) >= 11 is 1.34. The van der Waals surface area contributed by atoms with E-state index in [1.165, 1.54) is 11.8 Å². The van der Waals surface area contributed by atoms with Crippen molar-refractivity contribution in [2.24, 2.45) is 0 Å². The zero-order valence-corrected chi connectivity index (χ0v) is 14.6. The molecule has 0 atom stereocenters. The zero-order valence-electron chi connectivity index (χ0n) is 13.7. The molecule has 24 heavy (non-hydrogen) atoms. The first-order chi connectivity index (χ1) is 11.5. The van der Waals surface area contributed by atoms with Gasteiger partial charge < -0.3 is 20.5 Å². The van der Waals surface area contributed by atoms with Crippen LogP contribution in [0.2, 0.25) is 0 Å². The summed E-state index contributed by atoms with van der Waals surface area (Å²) < 4.78 is 1.91. The van der Waals surface area contributed by atoms with Crippen molar-refractivity contribution in [1.82, 2.24) is 20.1 Å². The second-order valence-electron chi connectivity index (χ2n) is 5.23. The number of thioether (sulfide) groups is 1. The molecule has 0 radical (unpaired) electrons. The SMILES string of the molecule is CNC(=O)Nc1ccc(NC(=O)CSc2nncn2C(C)C)cc1. The monoisotopic (exact) mass is 348 g/mol. The van der Waals surface area contributed by atoms with Gasteiger partial charge in [-0.1, -0.05) is 11.8 Å². The highest BCUT2D eigenvalue weighted by Gasteiger charge is 2.11. The fourth-order valence-corrected chi connectivity index (χ4v) is 2.69. The first kappa shape index (κ1) is 17.8. The number of amides is 3. The quantitative estimate of drug-likeness (QED) is 0.696. The molecule has 1 aromatic carbocycles. The molecule has 0 bridgehead atoms. The molecule has 2 aromatic rings. The minimum absolute atomic E-state index is 0.134. The molecule has 0 spiro atoms. The maximum Gasteiger partial charge on any atom is 0.318 e. The van der Waals surface area contributed by atoms with Gasteiger partial charge in [-0.05, 0) is 38.1 Å². The predicted molar refractivity (Wildman–Crippen MR) is 94.3 cm³/mol. The molecule has 8 nitrogen and oxygen atoms in total. The number of benzene rings is 1. The Morgan fingerprint density at radius 1 is 1.17 bits per heavy atom. The van der Waals surface area contributed by atoms with Crippen LogP contribution in [0.3, 0.4) is 0 Å². The van der Waals surface area contributed by atoms with Gasteiger partial charge in [0, 0.05) is 24.5 Å². The van der Waals surface area contributed by atoms with Gasteiger partial charge in [0.1, 0.15) is 6.33 Å². The van der Waals surface area contributed by atoms with E-state index in [2.05, 4.69) is 26.1 Å². The van der Waals surface area contributed by atoms with Gasteiger partial charge in [-0.3, -0.25) is 4.79 Å². The van der Waals surface area contributed by atoms with Crippen LogP contribution in [0, 0.1) is 0 Å². The first-order valence-electron chi connectivity index (χ1n) is 7.40. The summed E-state index contributed by atoms with van der Waals surface area (Å²) in [6.45, 7) is 4.06. The number of nitrogens with one attached hydrogen (secondary N) is 3.